The molecule has 0 bridgehead atoms. The lowest BCUT2D eigenvalue weighted by Gasteiger charge is -2.05. The van der Waals surface area contributed by atoms with Crippen LogP contribution in [-0.2, 0) is 0 Å². The van der Waals surface area contributed by atoms with Crippen molar-refractivity contribution in [3.63, 3.8) is 0 Å². The van der Waals surface area contributed by atoms with E-state index in [4.69, 9.17) is 15.3 Å². The molecule has 0 aliphatic heterocycles. The van der Waals surface area contributed by atoms with Crippen LogP contribution in [0.3, 0.4) is 0 Å². The van der Waals surface area contributed by atoms with E-state index in [0.29, 0.717) is 0 Å². The van der Waals surface area contributed by atoms with E-state index < -0.39 is 5.97 Å². The maximum atomic E-state index is 8.57. The third-order valence-corrected chi connectivity index (χ3v) is 2.74. The van der Waals surface area contributed by atoms with Crippen molar-refractivity contribution < 1.29 is 15.3 Å². The molecule has 0 fully saturated rings. The van der Waals surface area contributed by atoms with E-state index >= 15 is 0 Å². The molecule has 0 atom stereocenters. The average Bonchev–Trinajstić information content (AvgIpc) is 2.38. The third-order valence-electron chi connectivity index (χ3n) is 2.74. The second kappa shape index (κ2) is 12.9. The molecule has 20 heavy (non-hydrogen) atoms. The van der Waals surface area contributed by atoms with Gasteiger partial charge < -0.3 is 15.3 Å². The first-order valence-electron chi connectivity index (χ1n) is 7.41. The predicted octanol–water partition coefficient (Wildman–Crippen LogP) is 3.59. The molecule has 0 rings (SSSR count). The van der Waals surface area contributed by atoms with Gasteiger partial charge in [0.05, 0.1) is 0 Å². The van der Waals surface area contributed by atoms with Gasteiger partial charge in [0.15, 0.2) is 0 Å². The summed E-state index contributed by atoms with van der Waals surface area (Å²) in [5, 5.41) is 25.7. The van der Waals surface area contributed by atoms with Gasteiger partial charge in [0.1, 0.15) is 0 Å². The molecule has 0 aromatic heterocycles. The van der Waals surface area contributed by atoms with Gasteiger partial charge in [-0.3, -0.25) is 0 Å². The maximum absolute atomic E-state index is 8.57. The first-order chi connectivity index (χ1) is 9.56. The molecule has 0 heterocycles. The van der Waals surface area contributed by atoms with Gasteiger partial charge in [-0.05, 0) is 12.8 Å². The van der Waals surface area contributed by atoms with E-state index in [1.165, 1.54) is 44.6 Å². The van der Waals surface area contributed by atoms with Crippen LogP contribution in [0.25, 0.3) is 0 Å². The summed E-state index contributed by atoms with van der Waals surface area (Å²) in [5.74, 6) is -2.73. The Labute approximate surface area is 122 Å². The molecule has 0 radical (unpaired) electrons. The molecule has 114 valence electrons. The molecule has 3 nitrogen and oxygen atoms in total. The van der Waals surface area contributed by atoms with E-state index in [1.54, 1.807) is 12.2 Å². The second-order valence-electron chi connectivity index (χ2n) is 4.80. The predicted molar refractivity (Wildman–Crippen MR) is 83.9 cm³/mol. The smallest absolute Gasteiger partial charge is 0.297 e. The Morgan fingerprint density at radius 2 is 1.25 bits per heavy atom. The molecule has 0 amide bonds. The van der Waals surface area contributed by atoms with Crippen molar-refractivity contribution in [2.75, 3.05) is 0 Å². The first-order valence-corrected chi connectivity index (χ1v) is 7.41. The van der Waals surface area contributed by atoms with Crippen molar-refractivity contribution in [3.05, 3.63) is 48.6 Å². The van der Waals surface area contributed by atoms with Gasteiger partial charge >= 0.3 is 0 Å². The van der Waals surface area contributed by atoms with Crippen LogP contribution in [0, 0.1) is 0 Å². The van der Waals surface area contributed by atoms with Crippen LogP contribution in [0.15, 0.2) is 48.6 Å². The Balaban J connectivity index is 3.53. The van der Waals surface area contributed by atoms with E-state index in [9.17, 15) is 0 Å². The van der Waals surface area contributed by atoms with Crippen LogP contribution >= 0.6 is 0 Å². The van der Waals surface area contributed by atoms with Crippen LogP contribution < -0.4 is 0 Å². The molecule has 0 spiro atoms. The summed E-state index contributed by atoms with van der Waals surface area (Å²) in [6, 6.07) is 0. The van der Waals surface area contributed by atoms with Crippen molar-refractivity contribution in [2.45, 2.75) is 57.8 Å². The number of hydrogen-bond donors (Lipinski definition) is 3. The monoisotopic (exact) mass is 280 g/mol. The topological polar surface area (TPSA) is 60.7 Å². The maximum Gasteiger partial charge on any atom is 0.297 e. The standard InChI is InChI=1S/C17H28O3/c1-2-3-4-5-6-7-8-9-10-11-12-13-14-15-16-17(18,19)20/h9-16,18-20H,2-8H2,1H3. The van der Waals surface area contributed by atoms with Crippen molar-refractivity contribution in [1.29, 1.82) is 0 Å². The van der Waals surface area contributed by atoms with E-state index in [-0.39, 0.29) is 0 Å². The largest absolute Gasteiger partial charge is 0.340 e. The normalized spacial score (nSPS) is 13.6. The Morgan fingerprint density at radius 1 is 0.700 bits per heavy atom. The third kappa shape index (κ3) is 16.8. The van der Waals surface area contributed by atoms with E-state index in [2.05, 4.69) is 13.0 Å². The van der Waals surface area contributed by atoms with Gasteiger partial charge in [-0.25, -0.2) is 0 Å². The number of hydrogen-bond acceptors (Lipinski definition) is 3. The minimum absolute atomic E-state index is 0.881. The lowest BCUT2D eigenvalue weighted by molar-refractivity contribution is -0.273. The van der Waals surface area contributed by atoms with E-state index in [0.717, 1.165) is 12.5 Å². The Kier molecular flexibility index (Phi) is 12.1. The van der Waals surface area contributed by atoms with Crippen LogP contribution in [0.2, 0.25) is 0 Å². The first kappa shape index (κ1) is 18.8. The zero-order valence-electron chi connectivity index (χ0n) is 12.4. The molecule has 3 heteroatoms. The number of rotatable bonds is 11. The highest BCUT2D eigenvalue weighted by atomic mass is 16.7. The average molecular weight is 280 g/mol. The SMILES string of the molecule is CCCCCCCCC=CC=CC=CC=CC(O)(O)O. The fourth-order valence-corrected chi connectivity index (χ4v) is 1.66. The molecule has 0 aliphatic rings. The summed E-state index contributed by atoms with van der Waals surface area (Å²) in [4.78, 5) is 0. The Hall–Kier alpha value is -1.16. The zero-order chi connectivity index (χ0) is 15.1. The zero-order valence-corrected chi connectivity index (χ0v) is 12.4. The Morgan fingerprint density at radius 3 is 1.90 bits per heavy atom. The summed E-state index contributed by atoms with van der Waals surface area (Å²) >= 11 is 0. The van der Waals surface area contributed by atoms with Gasteiger partial charge in [-0.2, -0.15) is 0 Å². The molecular formula is C17H28O3. The molecule has 0 saturated carbocycles. The quantitative estimate of drug-likeness (QED) is 0.308. The fourth-order valence-electron chi connectivity index (χ4n) is 1.66. The van der Waals surface area contributed by atoms with Crippen LogP contribution in [0.4, 0.5) is 0 Å². The highest BCUT2D eigenvalue weighted by Gasteiger charge is 2.10. The minimum atomic E-state index is -2.73. The molecule has 0 unspecified atom stereocenters. The van der Waals surface area contributed by atoms with Gasteiger partial charge in [0, 0.05) is 6.08 Å². The number of allylic oxidation sites excluding steroid dienone is 7. The molecule has 0 aliphatic carbocycles. The minimum Gasteiger partial charge on any atom is -0.340 e. The molecule has 0 aromatic carbocycles. The van der Waals surface area contributed by atoms with Crippen molar-refractivity contribution in [2.24, 2.45) is 0 Å². The lowest BCUT2D eigenvalue weighted by atomic mass is 10.1. The lowest BCUT2D eigenvalue weighted by Crippen LogP contribution is -2.22. The van der Waals surface area contributed by atoms with Crippen LogP contribution in [0.5, 0.6) is 0 Å². The van der Waals surface area contributed by atoms with Crippen LogP contribution in [-0.4, -0.2) is 21.3 Å². The summed E-state index contributed by atoms with van der Waals surface area (Å²) in [7, 11) is 0. The summed E-state index contributed by atoms with van der Waals surface area (Å²) in [5.41, 5.74) is 0. The summed E-state index contributed by atoms with van der Waals surface area (Å²) in [6.45, 7) is 2.23. The highest BCUT2D eigenvalue weighted by Crippen LogP contribution is 2.07. The van der Waals surface area contributed by atoms with Gasteiger partial charge in [0.2, 0.25) is 0 Å². The fraction of sp³-hybridized carbons (Fsp3) is 0.529. The summed E-state index contributed by atoms with van der Waals surface area (Å²) < 4.78 is 0. The number of aliphatic hydroxyl groups is 3. The molecular weight excluding hydrogens is 252 g/mol. The van der Waals surface area contributed by atoms with Gasteiger partial charge in [-0.1, -0.05) is 81.6 Å². The van der Waals surface area contributed by atoms with E-state index in [1.807, 2.05) is 18.2 Å². The number of unbranched alkanes of at least 4 members (excludes halogenated alkanes) is 6. The van der Waals surface area contributed by atoms with Crippen molar-refractivity contribution in [3.8, 4) is 0 Å². The highest BCUT2D eigenvalue weighted by molar-refractivity contribution is 5.15. The summed E-state index contributed by atoms with van der Waals surface area (Å²) in [6.07, 6.45) is 22.5. The van der Waals surface area contributed by atoms with Crippen molar-refractivity contribution >= 4 is 0 Å². The molecule has 0 aromatic rings. The second-order valence-corrected chi connectivity index (χ2v) is 4.80. The molecule has 0 saturated heterocycles. The molecule has 3 N–H and O–H groups in total. The Bertz CT molecular complexity index is 320. The van der Waals surface area contributed by atoms with Crippen LogP contribution in [0.1, 0.15) is 51.9 Å². The van der Waals surface area contributed by atoms with Gasteiger partial charge in [-0.15, -0.1) is 0 Å². The van der Waals surface area contributed by atoms with Crippen molar-refractivity contribution in [1.82, 2.24) is 0 Å². The van der Waals surface area contributed by atoms with Gasteiger partial charge in [0.25, 0.3) is 5.97 Å².